The second-order valence-corrected chi connectivity index (χ2v) is 6.62. The fourth-order valence-electron chi connectivity index (χ4n) is 2.21. The van der Waals surface area contributed by atoms with Crippen molar-refractivity contribution < 1.29 is 9.47 Å². The first-order valence-electron chi connectivity index (χ1n) is 8.28. The van der Waals surface area contributed by atoms with Crippen LogP contribution >= 0.6 is 11.3 Å². The molecule has 2 aromatic rings. The van der Waals surface area contributed by atoms with Crippen molar-refractivity contribution in [2.75, 3.05) is 34.4 Å². The summed E-state index contributed by atoms with van der Waals surface area (Å²) in [5.74, 6) is 2.47. The molecule has 0 radical (unpaired) electrons. The minimum absolute atomic E-state index is 0.570. The standard InChI is InChI=1S/C18H26N4O2S/c1-5-16-12-20-17(25-16)13-21-18(19-2)22(3)10-11-24-15-8-6-14(23-4)7-9-15/h6-9,12H,5,10-11,13H2,1-4H3,(H,19,21). The highest BCUT2D eigenvalue weighted by atomic mass is 32.1. The lowest BCUT2D eigenvalue weighted by atomic mass is 10.3. The molecule has 0 atom stereocenters. The second kappa shape index (κ2) is 9.88. The van der Waals surface area contributed by atoms with E-state index < -0.39 is 0 Å². The third-order valence-corrected chi connectivity index (χ3v) is 4.82. The maximum Gasteiger partial charge on any atom is 0.193 e. The number of aliphatic imine (C=N–C) groups is 1. The van der Waals surface area contributed by atoms with E-state index in [0.29, 0.717) is 13.2 Å². The number of likely N-dealkylation sites (N-methyl/N-ethyl adjacent to an activating group) is 1. The fourth-order valence-corrected chi connectivity index (χ4v) is 3.01. The second-order valence-electron chi connectivity index (χ2n) is 5.42. The summed E-state index contributed by atoms with van der Waals surface area (Å²) >= 11 is 1.73. The Kier molecular flexibility index (Phi) is 7.53. The first kappa shape index (κ1) is 19.1. The number of nitrogens with one attached hydrogen (secondary N) is 1. The van der Waals surface area contributed by atoms with Crippen molar-refractivity contribution in [1.29, 1.82) is 0 Å². The van der Waals surface area contributed by atoms with Gasteiger partial charge in [-0.2, -0.15) is 0 Å². The maximum absolute atomic E-state index is 5.76. The molecule has 1 aromatic carbocycles. The van der Waals surface area contributed by atoms with Gasteiger partial charge in [-0.05, 0) is 30.7 Å². The van der Waals surface area contributed by atoms with Gasteiger partial charge in [0.1, 0.15) is 23.1 Å². The number of methoxy groups -OCH3 is 1. The van der Waals surface area contributed by atoms with E-state index in [1.54, 1.807) is 25.5 Å². The molecule has 6 nitrogen and oxygen atoms in total. The lowest BCUT2D eigenvalue weighted by Gasteiger charge is -2.21. The number of hydrogen-bond donors (Lipinski definition) is 1. The van der Waals surface area contributed by atoms with E-state index in [0.717, 1.165) is 35.4 Å². The van der Waals surface area contributed by atoms with Gasteiger partial charge >= 0.3 is 0 Å². The molecule has 1 N–H and O–H groups in total. The molecule has 0 aliphatic carbocycles. The van der Waals surface area contributed by atoms with Crippen molar-refractivity contribution >= 4 is 17.3 Å². The Morgan fingerprint density at radius 3 is 2.60 bits per heavy atom. The molecule has 2 rings (SSSR count). The Morgan fingerprint density at radius 1 is 1.28 bits per heavy atom. The number of aromatic nitrogens is 1. The molecule has 25 heavy (non-hydrogen) atoms. The molecule has 0 aliphatic rings. The van der Waals surface area contributed by atoms with E-state index in [1.165, 1.54) is 4.88 Å². The zero-order valence-electron chi connectivity index (χ0n) is 15.3. The third kappa shape index (κ3) is 5.94. The highest BCUT2D eigenvalue weighted by Crippen LogP contribution is 2.17. The lowest BCUT2D eigenvalue weighted by molar-refractivity contribution is 0.281. The number of rotatable bonds is 8. The molecule has 0 amide bonds. The molecular weight excluding hydrogens is 336 g/mol. The van der Waals surface area contributed by atoms with Crippen LogP contribution in [0.1, 0.15) is 16.8 Å². The van der Waals surface area contributed by atoms with Gasteiger partial charge < -0.3 is 19.7 Å². The molecule has 0 fully saturated rings. The summed E-state index contributed by atoms with van der Waals surface area (Å²) in [6.07, 6.45) is 2.96. The van der Waals surface area contributed by atoms with Gasteiger partial charge in [-0.15, -0.1) is 11.3 Å². The van der Waals surface area contributed by atoms with E-state index >= 15 is 0 Å². The summed E-state index contributed by atoms with van der Waals surface area (Å²) in [6, 6.07) is 7.58. The van der Waals surface area contributed by atoms with Gasteiger partial charge in [-0.3, -0.25) is 4.99 Å². The molecule has 0 aliphatic heterocycles. The van der Waals surface area contributed by atoms with Crippen LogP contribution in [0.25, 0.3) is 0 Å². The number of benzene rings is 1. The highest BCUT2D eigenvalue weighted by Gasteiger charge is 2.07. The lowest BCUT2D eigenvalue weighted by Crippen LogP contribution is -2.40. The van der Waals surface area contributed by atoms with Crippen molar-refractivity contribution in [2.24, 2.45) is 4.99 Å². The fraction of sp³-hybridized carbons (Fsp3) is 0.444. The van der Waals surface area contributed by atoms with Crippen LogP contribution in [0, 0.1) is 0 Å². The summed E-state index contributed by atoms with van der Waals surface area (Å²) < 4.78 is 10.9. The van der Waals surface area contributed by atoms with Crippen LogP contribution < -0.4 is 14.8 Å². The number of guanidine groups is 1. The monoisotopic (exact) mass is 362 g/mol. The Bertz CT molecular complexity index is 670. The Hall–Kier alpha value is -2.28. The van der Waals surface area contributed by atoms with E-state index in [1.807, 2.05) is 42.4 Å². The molecule has 0 saturated carbocycles. The zero-order valence-corrected chi connectivity index (χ0v) is 16.1. The van der Waals surface area contributed by atoms with Crippen LogP contribution in [-0.4, -0.2) is 50.2 Å². The summed E-state index contributed by atoms with van der Waals surface area (Å²) in [5, 5.41) is 4.41. The number of hydrogen-bond acceptors (Lipinski definition) is 5. The average Bonchev–Trinajstić information content (AvgIpc) is 3.11. The van der Waals surface area contributed by atoms with Crippen LogP contribution in [0.4, 0.5) is 0 Å². The van der Waals surface area contributed by atoms with Gasteiger partial charge in [0, 0.05) is 25.2 Å². The SMILES string of the molecule is CCc1cnc(CNC(=NC)N(C)CCOc2ccc(OC)cc2)s1. The molecule has 136 valence electrons. The van der Waals surface area contributed by atoms with Gasteiger partial charge in [-0.1, -0.05) is 6.92 Å². The van der Waals surface area contributed by atoms with E-state index in [9.17, 15) is 0 Å². The average molecular weight is 362 g/mol. The molecule has 0 bridgehead atoms. The third-order valence-electron chi connectivity index (χ3n) is 3.68. The van der Waals surface area contributed by atoms with Crippen molar-refractivity contribution in [3.05, 3.63) is 40.3 Å². The van der Waals surface area contributed by atoms with Gasteiger partial charge in [0.15, 0.2) is 5.96 Å². The Balaban J connectivity index is 1.75. The van der Waals surface area contributed by atoms with Gasteiger partial charge in [0.05, 0.1) is 20.2 Å². The molecule has 0 spiro atoms. The molecule has 7 heteroatoms. The van der Waals surface area contributed by atoms with Crippen molar-refractivity contribution in [3.8, 4) is 11.5 Å². The molecule has 0 saturated heterocycles. The number of aryl methyl sites for hydroxylation is 1. The number of thiazole rings is 1. The smallest absolute Gasteiger partial charge is 0.193 e. The minimum Gasteiger partial charge on any atom is -0.497 e. The highest BCUT2D eigenvalue weighted by molar-refractivity contribution is 7.11. The van der Waals surface area contributed by atoms with Crippen LogP contribution in [0.3, 0.4) is 0 Å². The van der Waals surface area contributed by atoms with Crippen LogP contribution in [-0.2, 0) is 13.0 Å². The van der Waals surface area contributed by atoms with Gasteiger partial charge in [0.25, 0.3) is 0 Å². The Morgan fingerprint density at radius 2 is 2.00 bits per heavy atom. The summed E-state index contributed by atoms with van der Waals surface area (Å²) in [4.78, 5) is 12.1. The zero-order chi connectivity index (χ0) is 18.1. The number of ether oxygens (including phenoxy) is 2. The predicted octanol–water partition coefficient (Wildman–Crippen LogP) is 2.80. The number of nitrogens with zero attached hydrogens (tertiary/aromatic N) is 3. The first-order valence-corrected chi connectivity index (χ1v) is 9.10. The summed E-state index contributed by atoms with van der Waals surface area (Å²) in [5.41, 5.74) is 0. The maximum atomic E-state index is 5.76. The van der Waals surface area contributed by atoms with Crippen molar-refractivity contribution in [3.63, 3.8) is 0 Å². The molecule has 1 heterocycles. The van der Waals surface area contributed by atoms with E-state index in [-0.39, 0.29) is 0 Å². The largest absolute Gasteiger partial charge is 0.497 e. The predicted molar refractivity (Wildman–Crippen MR) is 103 cm³/mol. The topological polar surface area (TPSA) is 59.0 Å². The minimum atomic E-state index is 0.570. The van der Waals surface area contributed by atoms with E-state index in [2.05, 4.69) is 22.2 Å². The summed E-state index contributed by atoms with van der Waals surface area (Å²) in [6.45, 7) is 4.12. The van der Waals surface area contributed by atoms with Gasteiger partial charge in [-0.25, -0.2) is 4.98 Å². The van der Waals surface area contributed by atoms with Crippen LogP contribution in [0.15, 0.2) is 35.5 Å². The van der Waals surface area contributed by atoms with Crippen molar-refractivity contribution in [2.45, 2.75) is 19.9 Å². The Labute approximate surface area is 153 Å². The van der Waals surface area contributed by atoms with Gasteiger partial charge in [0.2, 0.25) is 0 Å². The quantitative estimate of drug-likeness (QED) is 0.578. The molecular formula is C18H26N4O2S. The van der Waals surface area contributed by atoms with E-state index in [4.69, 9.17) is 9.47 Å². The van der Waals surface area contributed by atoms with Crippen molar-refractivity contribution in [1.82, 2.24) is 15.2 Å². The molecule has 1 aromatic heterocycles. The molecule has 0 unspecified atom stereocenters. The normalized spacial score (nSPS) is 11.3. The van der Waals surface area contributed by atoms with Crippen LogP contribution in [0.5, 0.6) is 11.5 Å². The van der Waals surface area contributed by atoms with Crippen LogP contribution in [0.2, 0.25) is 0 Å². The summed E-state index contributed by atoms with van der Waals surface area (Å²) in [7, 11) is 5.42. The first-order chi connectivity index (χ1) is 12.2.